The van der Waals surface area contributed by atoms with Crippen molar-refractivity contribution in [3.63, 3.8) is 0 Å². The number of halogens is 1. The minimum Gasteiger partial charge on any atom is -0.480 e. The van der Waals surface area contributed by atoms with Gasteiger partial charge in [-0.15, -0.1) is 0 Å². The molecule has 0 aliphatic carbocycles. The van der Waals surface area contributed by atoms with Gasteiger partial charge in [-0.1, -0.05) is 13.0 Å². The van der Waals surface area contributed by atoms with Crippen molar-refractivity contribution in [2.24, 2.45) is 0 Å². The molecule has 1 unspecified atom stereocenters. The van der Waals surface area contributed by atoms with Crippen LogP contribution in [0.25, 0.3) is 0 Å². The summed E-state index contributed by atoms with van der Waals surface area (Å²) in [5.41, 5.74) is 1.14. The van der Waals surface area contributed by atoms with Gasteiger partial charge in [0.05, 0.1) is 4.47 Å². The monoisotopic (exact) mass is 328 g/mol. The number of hydrogen-bond donors (Lipinski definition) is 2. The van der Waals surface area contributed by atoms with Crippen LogP contribution in [0.1, 0.15) is 19.4 Å². The number of aryl methyl sites for hydroxylation is 1. The van der Waals surface area contributed by atoms with E-state index in [2.05, 4.69) is 26.6 Å². The average molecular weight is 329 g/mol. The molecule has 19 heavy (non-hydrogen) atoms. The van der Waals surface area contributed by atoms with E-state index in [1.165, 1.54) is 0 Å². The van der Waals surface area contributed by atoms with Gasteiger partial charge in [0.2, 0.25) is 0 Å². The van der Waals surface area contributed by atoms with Gasteiger partial charge in [-0.05, 0) is 54.0 Å². The summed E-state index contributed by atoms with van der Waals surface area (Å²) in [6, 6.07) is 5.78. The van der Waals surface area contributed by atoms with E-state index < -0.39 is 6.10 Å². The number of amides is 1. The van der Waals surface area contributed by atoms with Crippen molar-refractivity contribution in [2.75, 3.05) is 19.6 Å². The first-order valence-electron chi connectivity index (χ1n) is 6.45. The van der Waals surface area contributed by atoms with Gasteiger partial charge in [-0.3, -0.25) is 4.79 Å². The molecule has 0 heterocycles. The SMILES string of the molecule is CCNCCNC(=O)C(C)Oc1ccc(C)cc1Br. The van der Waals surface area contributed by atoms with Crippen molar-refractivity contribution in [1.82, 2.24) is 10.6 Å². The molecule has 0 aliphatic heterocycles. The summed E-state index contributed by atoms with van der Waals surface area (Å²) in [4.78, 5) is 11.8. The maximum absolute atomic E-state index is 11.8. The third kappa shape index (κ3) is 5.61. The maximum atomic E-state index is 11.8. The van der Waals surface area contributed by atoms with Crippen LogP contribution in [0.3, 0.4) is 0 Å². The highest BCUT2D eigenvalue weighted by Gasteiger charge is 2.15. The number of benzene rings is 1. The Morgan fingerprint density at radius 3 is 2.79 bits per heavy atom. The fourth-order valence-corrected chi connectivity index (χ4v) is 2.13. The fraction of sp³-hybridized carbons (Fsp3) is 0.500. The van der Waals surface area contributed by atoms with Gasteiger partial charge in [0.15, 0.2) is 6.10 Å². The molecule has 1 aromatic carbocycles. The van der Waals surface area contributed by atoms with Gasteiger partial charge in [0, 0.05) is 13.1 Å². The van der Waals surface area contributed by atoms with Gasteiger partial charge >= 0.3 is 0 Å². The lowest BCUT2D eigenvalue weighted by atomic mass is 10.2. The van der Waals surface area contributed by atoms with Crippen molar-refractivity contribution >= 4 is 21.8 Å². The van der Waals surface area contributed by atoms with Crippen LogP contribution in [0.5, 0.6) is 5.75 Å². The Hall–Kier alpha value is -1.07. The number of rotatable bonds is 7. The highest BCUT2D eigenvalue weighted by atomic mass is 79.9. The predicted molar refractivity (Wildman–Crippen MR) is 80.5 cm³/mol. The molecule has 0 saturated carbocycles. The lowest BCUT2D eigenvalue weighted by Crippen LogP contribution is -2.39. The van der Waals surface area contributed by atoms with Crippen molar-refractivity contribution < 1.29 is 9.53 Å². The highest BCUT2D eigenvalue weighted by molar-refractivity contribution is 9.10. The second kappa shape index (κ2) is 8.17. The van der Waals surface area contributed by atoms with E-state index in [9.17, 15) is 4.79 Å². The van der Waals surface area contributed by atoms with E-state index >= 15 is 0 Å². The quantitative estimate of drug-likeness (QED) is 0.755. The van der Waals surface area contributed by atoms with E-state index in [0.29, 0.717) is 12.3 Å². The van der Waals surface area contributed by atoms with Gasteiger partial charge in [-0.25, -0.2) is 0 Å². The summed E-state index contributed by atoms with van der Waals surface area (Å²) < 4.78 is 6.50. The Morgan fingerprint density at radius 2 is 2.16 bits per heavy atom. The van der Waals surface area contributed by atoms with Gasteiger partial charge in [0.25, 0.3) is 5.91 Å². The summed E-state index contributed by atoms with van der Waals surface area (Å²) in [5.74, 6) is 0.574. The zero-order valence-electron chi connectivity index (χ0n) is 11.6. The van der Waals surface area contributed by atoms with Gasteiger partial charge < -0.3 is 15.4 Å². The average Bonchev–Trinajstić information content (AvgIpc) is 2.37. The number of carbonyl (C=O) groups excluding carboxylic acids is 1. The topological polar surface area (TPSA) is 50.4 Å². The summed E-state index contributed by atoms with van der Waals surface area (Å²) in [7, 11) is 0. The largest absolute Gasteiger partial charge is 0.480 e. The summed E-state index contributed by atoms with van der Waals surface area (Å²) in [5, 5.41) is 5.97. The zero-order valence-corrected chi connectivity index (χ0v) is 13.2. The molecule has 0 aliphatic rings. The smallest absolute Gasteiger partial charge is 0.260 e. The van der Waals surface area contributed by atoms with Gasteiger partial charge in [0.1, 0.15) is 5.75 Å². The molecular weight excluding hydrogens is 308 g/mol. The molecule has 1 amide bonds. The maximum Gasteiger partial charge on any atom is 0.260 e. The number of carbonyl (C=O) groups is 1. The molecule has 0 saturated heterocycles. The Kier molecular flexibility index (Phi) is 6.87. The minimum atomic E-state index is -0.513. The molecule has 0 bridgehead atoms. The number of hydrogen-bond acceptors (Lipinski definition) is 3. The molecular formula is C14H21BrN2O2. The van der Waals surface area contributed by atoms with E-state index in [1.807, 2.05) is 32.0 Å². The highest BCUT2D eigenvalue weighted by Crippen LogP contribution is 2.26. The van der Waals surface area contributed by atoms with E-state index in [1.54, 1.807) is 6.92 Å². The Labute approximate surface area is 123 Å². The van der Waals surface area contributed by atoms with Crippen LogP contribution in [0, 0.1) is 6.92 Å². The van der Waals surface area contributed by atoms with Crippen molar-refractivity contribution in [1.29, 1.82) is 0 Å². The molecule has 1 aromatic rings. The third-order valence-corrected chi connectivity index (χ3v) is 3.23. The summed E-state index contributed by atoms with van der Waals surface area (Å²) in [6.45, 7) is 8.06. The van der Waals surface area contributed by atoms with Crippen LogP contribution in [0.4, 0.5) is 0 Å². The first kappa shape index (κ1) is 16.0. The minimum absolute atomic E-state index is 0.106. The zero-order chi connectivity index (χ0) is 14.3. The fourth-order valence-electron chi connectivity index (χ4n) is 1.54. The second-order valence-electron chi connectivity index (χ2n) is 4.34. The van der Waals surface area contributed by atoms with Crippen LogP contribution < -0.4 is 15.4 Å². The van der Waals surface area contributed by atoms with Crippen molar-refractivity contribution in [2.45, 2.75) is 26.9 Å². The molecule has 1 atom stereocenters. The molecule has 106 valence electrons. The molecule has 2 N–H and O–H groups in total. The van der Waals surface area contributed by atoms with Crippen LogP contribution >= 0.6 is 15.9 Å². The predicted octanol–water partition coefficient (Wildman–Crippen LogP) is 2.25. The lowest BCUT2D eigenvalue weighted by Gasteiger charge is -2.16. The lowest BCUT2D eigenvalue weighted by molar-refractivity contribution is -0.127. The Bertz CT molecular complexity index is 424. The number of ether oxygens (including phenoxy) is 1. The first-order chi connectivity index (χ1) is 9.04. The molecule has 0 spiro atoms. The normalized spacial score (nSPS) is 12.0. The number of nitrogens with one attached hydrogen (secondary N) is 2. The summed E-state index contributed by atoms with van der Waals surface area (Å²) in [6.07, 6.45) is -0.513. The van der Waals surface area contributed by atoms with E-state index in [4.69, 9.17) is 4.74 Å². The Morgan fingerprint density at radius 1 is 1.42 bits per heavy atom. The van der Waals surface area contributed by atoms with E-state index in [0.717, 1.165) is 23.1 Å². The molecule has 4 nitrogen and oxygen atoms in total. The third-order valence-electron chi connectivity index (χ3n) is 2.61. The molecule has 1 rings (SSSR count). The van der Waals surface area contributed by atoms with Gasteiger partial charge in [-0.2, -0.15) is 0 Å². The molecule has 0 aromatic heterocycles. The standard InChI is InChI=1S/C14H21BrN2O2/c1-4-16-7-8-17-14(18)11(3)19-13-6-5-10(2)9-12(13)15/h5-6,9,11,16H,4,7-8H2,1-3H3,(H,17,18). The number of likely N-dealkylation sites (N-methyl/N-ethyl adjacent to an activating group) is 1. The second-order valence-corrected chi connectivity index (χ2v) is 5.19. The van der Waals surface area contributed by atoms with Crippen LogP contribution in [0.15, 0.2) is 22.7 Å². The Balaban J connectivity index is 2.45. The first-order valence-corrected chi connectivity index (χ1v) is 7.25. The molecule has 0 radical (unpaired) electrons. The van der Waals surface area contributed by atoms with Crippen LogP contribution in [0.2, 0.25) is 0 Å². The van der Waals surface area contributed by atoms with Crippen LogP contribution in [-0.4, -0.2) is 31.6 Å². The van der Waals surface area contributed by atoms with Crippen LogP contribution in [-0.2, 0) is 4.79 Å². The van der Waals surface area contributed by atoms with Crippen molar-refractivity contribution in [3.05, 3.63) is 28.2 Å². The summed E-state index contributed by atoms with van der Waals surface area (Å²) >= 11 is 3.43. The van der Waals surface area contributed by atoms with Crippen molar-refractivity contribution in [3.8, 4) is 5.75 Å². The molecule has 5 heteroatoms. The molecule has 0 fully saturated rings. The van der Waals surface area contributed by atoms with E-state index in [-0.39, 0.29) is 5.91 Å².